The maximum Gasteiger partial charge on any atom is 0.0472 e. The van der Waals surface area contributed by atoms with E-state index in [9.17, 15) is 0 Å². The number of aromatic amines is 1. The summed E-state index contributed by atoms with van der Waals surface area (Å²) in [7, 11) is 2.23. The third kappa shape index (κ3) is 3.10. The van der Waals surface area contributed by atoms with Gasteiger partial charge in [0, 0.05) is 34.7 Å². The molecule has 2 unspecified atom stereocenters. The fourth-order valence-corrected chi connectivity index (χ4v) is 3.89. The monoisotopic (exact) mass is 305 g/mol. The van der Waals surface area contributed by atoms with Gasteiger partial charge in [0.1, 0.15) is 0 Å². The normalized spacial score (nSPS) is 23.0. The molecule has 1 aliphatic carbocycles. The molecule has 114 valence electrons. The summed E-state index contributed by atoms with van der Waals surface area (Å²) in [6, 6.07) is 6.67. The molecule has 1 saturated carbocycles. The van der Waals surface area contributed by atoms with Crippen LogP contribution in [0.15, 0.2) is 24.4 Å². The Morgan fingerprint density at radius 3 is 2.95 bits per heavy atom. The van der Waals surface area contributed by atoms with E-state index in [1.54, 1.807) is 0 Å². The van der Waals surface area contributed by atoms with Crippen molar-refractivity contribution in [3.05, 3.63) is 35.0 Å². The zero-order valence-corrected chi connectivity index (χ0v) is 13.4. The minimum atomic E-state index is 0.612. The van der Waals surface area contributed by atoms with Crippen molar-refractivity contribution in [1.29, 1.82) is 0 Å². The Labute approximate surface area is 131 Å². The number of hydrogen-bond donors (Lipinski definition) is 2. The second kappa shape index (κ2) is 6.39. The highest BCUT2D eigenvalue weighted by Gasteiger charge is 2.27. The number of rotatable bonds is 4. The standard InChI is InChI=1S/C17H24ClN3/c1-21(17-5-3-2-4-12(17)9-19)11-13-10-20-16-8-14(18)6-7-15(13)16/h6-8,10,12,17,20H,2-5,9,11,19H2,1H3. The summed E-state index contributed by atoms with van der Waals surface area (Å²) in [6.45, 7) is 1.77. The summed E-state index contributed by atoms with van der Waals surface area (Å²) in [5, 5.41) is 2.05. The quantitative estimate of drug-likeness (QED) is 0.903. The minimum Gasteiger partial charge on any atom is -0.361 e. The molecule has 1 aromatic carbocycles. The van der Waals surface area contributed by atoms with E-state index in [1.165, 1.54) is 36.6 Å². The highest BCUT2D eigenvalue weighted by Crippen LogP contribution is 2.29. The molecule has 0 aliphatic heterocycles. The maximum atomic E-state index is 6.05. The van der Waals surface area contributed by atoms with Crippen molar-refractivity contribution in [1.82, 2.24) is 9.88 Å². The molecule has 2 atom stereocenters. The zero-order chi connectivity index (χ0) is 14.8. The van der Waals surface area contributed by atoms with E-state index in [2.05, 4.69) is 29.2 Å². The highest BCUT2D eigenvalue weighted by molar-refractivity contribution is 6.31. The van der Waals surface area contributed by atoms with Crippen LogP contribution < -0.4 is 5.73 Å². The number of nitrogens with two attached hydrogens (primary N) is 1. The van der Waals surface area contributed by atoms with Gasteiger partial charge >= 0.3 is 0 Å². The number of hydrogen-bond acceptors (Lipinski definition) is 2. The maximum absolute atomic E-state index is 6.05. The number of benzene rings is 1. The molecule has 0 radical (unpaired) electrons. The molecule has 3 N–H and O–H groups in total. The Morgan fingerprint density at radius 2 is 2.14 bits per heavy atom. The molecule has 0 bridgehead atoms. The fourth-order valence-electron chi connectivity index (χ4n) is 3.72. The largest absolute Gasteiger partial charge is 0.361 e. The van der Waals surface area contributed by atoms with Crippen molar-refractivity contribution >= 4 is 22.5 Å². The summed E-state index contributed by atoms with van der Waals surface area (Å²) >= 11 is 6.05. The van der Waals surface area contributed by atoms with E-state index in [-0.39, 0.29) is 0 Å². The predicted molar refractivity (Wildman–Crippen MR) is 89.6 cm³/mol. The van der Waals surface area contributed by atoms with Crippen LogP contribution in [0, 0.1) is 5.92 Å². The molecule has 3 nitrogen and oxygen atoms in total. The van der Waals surface area contributed by atoms with Gasteiger partial charge in [-0.1, -0.05) is 30.5 Å². The van der Waals surface area contributed by atoms with Crippen LogP contribution >= 0.6 is 11.6 Å². The SMILES string of the molecule is CN(Cc1c[nH]c2cc(Cl)ccc12)C1CCCCC1CN. The summed E-state index contributed by atoms with van der Waals surface area (Å²) in [5.74, 6) is 0.642. The highest BCUT2D eigenvalue weighted by atomic mass is 35.5. The molecular weight excluding hydrogens is 282 g/mol. The van der Waals surface area contributed by atoms with Gasteiger partial charge in [0.15, 0.2) is 0 Å². The van der Waals surface area contributed by atoms with E-state index >= 15 is 0 Å². The molecule has 0 saturated heterocycles. The van der Waals surface area contributed by atoms with Gasteiger partial charge in [0.2, 0.25) is 0 Å². The molecule has 1 fully saturated rings. The van der Waals surface area contributed by atoms with Gasteiger partial charge in [-0.05, 0) is 50.0 Å². The van der Waals surface area contributed by atoms with E-state index in [4.69, 9.17) is 17.3 Å². The lowest BCUT2D eigenvalue weighted by molar-refractivity contribution is 0.128. The Bertz CT molecular complexity index is 607. The van der Waals surface area contributed by atoms with Crippen LogP contribution in [0.25, 0.3) is 10.9 Å². The topological polar surface area (TPSA) is 45.0 Å². The first-order valence-electron chi connectivity index (χ1n) is 7.85. The number of aromatic nitrogens is 1. The lowest BCUT2D eigenvalue weighted by Crippen LogP contribution is -2.42. The number of H-pyrrole nitrogens is 1. The molecule has 2 aromatic rings. The van der Waals surface area contributed by atoms with Crippen molar-refractivity contribution in [2.24, 2.45) is 11.7 Å². The third-order valence-corrected chi connectivity index (χ3v) is 5.12. The second-order valence-electron chi connectivity index (χ2n) is 6.27. The number of nitrogens with zero attached hydrogens (tertiary/aromatic N) is 1. The van der Waals surface area contributed by atoms with Gasteiger partial charge in [-0.3, -0.25) is 4.90 Å². The van der Waals surface area contributed by atoms with Crippen molar-refractivity contribution in [3.63, 3.8) is 0 Å². The molecule has 4 heteroatoms. The Hall–Kier alpha value is -1.03. The van der Waals surface area contributed by atoms with Gasteiger partial charge in [-0.2, -0.15) is 0 Å². The summed E-state index contributed by atoms with van der Waals surface area (Å²) in [4.78, 5) is 5.81. The summed E-state index contributed by atoms with van der Waals surface area (Å²) < 4.78 is 0. The molecule has 1 aliphatic rings. The van der Waals surface area contributed by atoms with E-state index < -0.39 is 0 Å². The van der Waals surface area contributed by atoms with Gasteiger partial charge in [-0.25, -0.2) is 0 Å². The zero-order valence-electron chi connectivity index (χ0n) is 12.6. The smallest absolute Gasteiger partial charge is 0.0472 e. The van der Waals surface area contributed by atoms with E-state index in [1.807, 2.05) is 12.1 Å². The molecular formula is C17H24ClN3. The van der Waals surface area contributed by atoms with Crippen molar-refractivity contribution in [2.45, 2.75) is 38.3 Å². The van der Waals surface area contributed by atoms with Crippen molar-refractivity contribution in [2.75, 3.05) is 13.6 Å². The van der Waals surface area contributed by atoms with Gasteiger partial charge in [0.05, 0.1) is 0 Å². The first-order valence-corrected chi connectivity index (χ1v) is 8.22. The van der Waals surface area contributed by atoms with Crippen LogP contribution in [-0.2, 0) is 6.54 Å². The molecule has 0 amide bonds. The molecule has 3 rings (SSSR count). The first-order chi connectivity index (χ1) is 10.2. The van der Waals surface area contributed by atoms with Crippen LogP contribution in [-0.4, -0.2) is 29.5 Å². The second-order valence-corrected chi connectivity index (χ2v) is 6.70. The molecule has 21 heavy (non-hydrogen) atoms. The van der Waals surface area contributed by atoms with E-state index in [0.717, 1.165) is 23.6 Å². The summed E-state index contributed by atoms with van der Waals surface area (Å²) in [5.41, 5.74) is 8.42. The van der Waals surface area contributed by atoms with Gasteiger partial charge in [0.25, 0.3) is 0 Å². The van der Waals surface area contributed by atoms with Crippen molar-refractivity contribution < 1.29 is 0 Å². The van der Waals surface area contributed by atoms with Crippen LogP contribution in [0.3, 0.4) is 0 Å². The molecule has 1 heterocycles. The number of fused-ring (bicyclic) bond motifs is 1. The fraction of sp³-hybridized carbons (Fsp3) is 0.529. The molecule has 0 spiro atoms. The van der Waals surface area contributed by atoms with Crippen LogP contribution in [0.1, 0.15) is 31.2 Å². The van der Waals surface area contributed by atoms with Crippen LogP contribution in [0.5, 0.6) is 0 Å². The van der Waals surface area contributed by atoms with Gasteiger partial charge in [-0.15, -0.1) is 0 Å². The Morgan fingerprint density at radius 1 is 1.33 bits per heavy atom. The Balaban J connectivity index is 1.77. The minimum absolute atomic E-state index is 0.612. The average molecular weight is 306 g/mol. The number of nitrogens with one attached hydrogen (secondary N) is 1. The predicted octanol–water partition coefficient (Wildman–Crippen LogP) is 3.77. The van der Waals surface area contributed by atoms with Gasteiger partial charge < -0.3 is 10.7 Å². The Kier molecular flexibility index (Phi) is 4.53. The lowest BCUT2D eigenvalue weighted by atomic mass is 9.83. The lowest BCUT2D eigenvalue weighted by Gasteiger charge is -2.37. The first kappa shape index (κ1) is 14.9. The number of halogens is 1. The van der Waals surface area contributed by atoms with Crippen molar-refractivity contribution in [3.8, 4) is 0 Å². The molecule has 1 aromatic heterocycles. The van der Waals surface area contributed by atoms with Crippen LogP contribution in [0.2, 0.25) is 5.02 Å². The third-order valence-electron chi connectivity index (χ3n) is 4.89. The average Bonchev–Trinajstić information content (AvgIpc) is 2.89. The van der Waals surface area contributed by atoms with E-state index in [0.29, 0.717) is 12.0 Å². The van der Waals surface area contributed by atoms with Crippen LogP contribution in [0.4, 0.5) is 0 Å². The summed E-state index contributed by atoms with van der Waals surface area (Å²) in [6.07, 6.45) is 7.31.